The molecule has 0 unspecified atom stereocenters. The first-order chi connectivity index (χ1) is 16.1. The SMILES string of the molecule is OC(c1ccccc1)(c1ccccc1)C12CC[N+](CCOCc3cccc(F)c3)(CC1)CC2.[Br-]. The molecule has 0 aromatic heterocycles. The van der Waals surface area contributed by atoms with Crippen LogP contribution in [0.1, 0.15) is 36.0 Å². The molecule has 3 nitrogen and oxygen atoms in total. The number of benzene rings is 3. The van der Waals surface area contributed by atoms with Crippen LogP contribution in [0.25, 0.3) is 0 Å². The Labute approximate surface area is 212 Å². The standard InChI is InChI=1S/C29H33FNO2.BrH/c30-27-13-7-8-24(22-27)23-33-21-20-31-17-14-28(15-18-31,16-19-31)29(32,25-9-3-1-4-10-25)26-11-5-2-6-12-26;/h1-13,22,32H,14-21,23H2;1H/q+1;/p-1. The van der Waals surface area contributed by atoms with Crippen LogP contribution in [-0.2, 0) is 16.9 Å². The molecule has 3 saturated heterocycles. The fourth-order valence-electron chi connectivity index (χ4n) is 6.15. The minimum absolute atomic E-state index is 0. The molecule has 2 bridgehead atoms. The first-order valence-corrected chi connectivity index (χ1v) is 12.1. The maximum atomic E-state index is 13.4. The van der Waals surface area contributed by atoms with Crippen LogP contribution in [0.3, 0.4) is 0 Å². The molecular weight excluding hydrogens is 493 g/mol. The van der Waals surface area contributed by atoms with Crippen molar-refractivity contribution in [2.45, 2.75) is 31.5 Å². The molecule has 3 aliphatic heterocycles. The van der Waals surface area contributed by atoms with Gasteiger partial charge in [-0.15, -0.1) is 0 Å². The van der Waals surface area contributed by atoms with Crippen LogP contribution >= 0.6 is 0 Å². The predicted molar refractivity (Wildman–Crippen MR) is 128 cm³/mol. The Morgan fingerprint density at radius 1 is 0.824 bits per heavy atom. The Kier molecular flexibility index (Phi) is 7.58. The van der Waals surface area contributed by atoms with E-state index in [-0.39, 0.29) is 28.2 Å². The monoisotopic (exact) mass is 525 g/mol. The number of ether oxygens (including phenoxy) is 1. The van der Waals surface area contributed by atoms with E-state index in [1.165, 1.54) is 12.1 Å². The second-order valence-electron chi connectivity index (χ2n) is 9.89. The second kappa shape index (κ2) is 10.3. The number of aliphatic hydroxyl groups is 1. The number of rotatable bonds is 8. The van der Waals surface area contributed by atoms with E-state index in [9.17, 15) is 9.50 Å². The highest BCUT2D eigenvalue weighted by molar-refractivity contribution is 5.39. The molecule has 5 heteroatoms. The van der Waals surface area contributed by atoms with Gasteiger partial charge in [0.1, 0.15) is 18.0 Å². The first kappa shape index (κ1) is 25.1. The Hall–Kier alpha value is -2.05. The molecule has 180 valence electrons. The van der Waals surface area contributed by atoms with Crippen LogP contribution in [-0.4, -0.2) is 42.4 Å². The van der Waals surface area contributed by atoms with E-state index in [1.807, 2.05) is 42.5 Å². The normalized spacial score (nSPS) is 23.9. The van der Waals surface area contributed by atoms with Crippen molar-refractivity contribution in [3.8, 4) is 0 Å². The Morgan fingerprint density at radius 2 is 1.38 bits per heavy atom. The summed E-state index contributed by atoms with van der Waals surface area (Å²) >= 11 is 0. The smallest absolute Gasteiger partial charge is 0.123 e. The highest BCUT2D eigenvalue weighted by Crippen LogP contribution is 2.57. The summed E-state index contributed by atoms with van der Waals surface area (Å²) in [6, 6.07) is 27.1. The molecule has 3 aromatic carbocycles. The molecular formula is C29H33BrFNO2. The molecule has 0 atom stereocenters. The third-order valence-corrected chi connectivity index (χ3v) is 8.21. The fourth-order valence-corrected chi connectivity index (χ4v) is 6.15. The van der Waals surface area contributed by atoms with Gasteiger partial charge < -0.3 is 31.3 Å². The first-order valence-electron chi connectivity index (χ1n) is 12.1. The Bertz CT molecular complexity index is 1010. The maximum Gasteiger partial charge on any atom is 0.123 e. The quantitative estimate of drug-likeness (QED) is 0.361. The molecule has 3 fully saturated rings. The van der Waals surface area contributed by atoms with Crippen molar-refractivity contribution >= 4 is 0 Å². The third kappa shape index (κ3) is 4.59. The van der Waals surface area contributed by atoms with Gasteiger partial charge in [-0.05, 0) is 28.8 Å². The van der Waals surface area contributed by atoms with Crippen LogP contribution in [0.5, 0.6) is 0 Å². The highest BCUT2D eigenvalue weighted by atomic mass is 79.9. The van der Waals surface area contributed by atoms with Gasteiger partial charge >= 0.3 is 0 Å². The molecule has 34 heavy (non-hydrogen) atoms. The lowest BCUT2D eigenvalue weighted by atomic mass is 9.56. The molecule has 6 rings (SSSR count). The molecule has 3 aromatic rings. The van der Waals surface area contributed by atoms with Crippen molar-refractivity contribution < 1.29 is 35.7 Å². The van der Waals surface area contributed by atoms with Crippen molar-refractivity contribution in [1.29, 1.82) is 0 Å². The number of fused-ring (bicyclic) bond motifs is 3. The number of hydrogen-bond donors (Lipinski definition) is 1. The molecule has 3 heterocycles. The van der Waals surface area contributed by atoms with Crippen molar-refractivity contribution in [3.63, 3.8) is 0 Å². The van der Waals surface area contributed by atoms with Crippen LogP contribution in [0.15, 0.2) is 84.9 Å². The highest BCUT2D eigenvalue weighted by Gasteiger charge is 2.60. The predicted octanol–water partition coefficient (Wildman–Crippen LogP) is 2.28. The maximum absolute atomic E-state index is 13.4. The average Bonchev–Trinajstić information content (AvgIpc) is 2.88. The van der Waals surface area contributed by atoms with Crippen molar-refractivity contribution in [1.82, 2.24) is 0 Å². The van der Waals surface area contributed by atoms with E-state index in [1.54, 1.807) is 6.07 Å². The van der Waals surface area contributed by atoms with Gasteiger partial charge in [-0.3, -0.25) is 0 Å². The summed E-state index contributed by atoms with van der Waals surface area (Å²) in [5.41, 5.74) is 1.73. The third-order valence-electron chi connectivity index (χ3n) is 8.21. The van der Waals surface area contributed by atoms with Gasteiger partial charge in [-0.1, -0.05) is 72.8 Å². The van der Waals surface area contributed by atoms with E-state index in [4.69, 9.17) is 4.74 Å². The van der Waals surface area contributed by atoms with E-state index in [2.05, 4.69) is 24.3 Å². The van der Waals surface area contributed by atoms with E-state index < -0.39 is 5.60 Å². The summed E-state index contributed by atoms with van der Waals surface area (Å²) in [4.78, 5) is 0. The minimum atomic E-state index is -0.986. The number of quaternary nitrogens is 1. The van der Waals surface area contributed by atoms with Gasteiger partial charge in [0.25, 0.3) is 0 Å². The number of piperidine rings is 3. The zero-order valence-corrected chi connectivity index (χ0v) is 21.1. The summed E-state index contributed by atoms with van der Waals surface area (Å²) in [6.45, 7) is 5.27. The fraction of sp³-hybridized carbons (Fsp3) is 0.379. The average molecular weight is 526 g/mol. The van der Waals surface area contributed by atoms with Gasteiger partial charge in [-0.25, -0.2) is 4.39 Å². The number of nitrogens with zero attached hydrogens (tertiary/aromatic N) is 1. The summed E-state index contributed by atoms with van der Waals surface area (Å²) in [7, 11) is 0. The molecule has 0 spiro atoms. The molecule has 0 radical (unpaired) electrons. The van der Waals surface area contributed by atoms with Gasteiger partial charge in [0.2, 0.25) is 0 Å². The summed E-state index contributed by atoms with van der Waals surface area (Å²) in [6.07, 6.45) is 2.99. The molecule has 0 aliphatic carbocycles. The Morgan fingerprint density at radius 3 is 1.91 bits per heavy atom. The Balaban J connectivity index is 0.00000274. The summed E-state index contributed by atoms with van der Waals surface area (Å²) in [5.74, 6) is -0.217. The van der Waals surface area contributed by atoms with Crippen LogP contribution in [0.2, 0.25) is 0 Å². The van der Waals surface area contributed by atoms with E-state index >= 15 is 0 Å². The summed E-state index contributed by atoms with van der Waals surface area (Å²) < 4.78 is 20.4. The molecule has 3 aliphatic rings. The summed E-state index contributed by atoms with van der Waals surface area (Å²) in [5, 5.41) is 12.4. The van der Waals surface area contributed by atoms with E-state index in [0.29, 0.717) is 13.2 Å². The molecule has 0 saturated carbocycles. The number of hydrogen-bond acceptors (Lipinski definition) is 2. The van der Waals surface area contributed by atoms with E-state index in [0.717, 1.165) is 66.6 Å². The molecule has 1 N–H and O–H groups in total. The lowest BCUT2D eigenvalue weighted by Crippen LogP contribution is -3.00. The van der Waals surface area contributed by atoms with Gasteiger partial charge in [0.05, 0.1) is 32.8 Å². The van der Waals surface area contributed by atoms with Crippen LogP contribution < -0.4 is 17.0 Å². The number of halogens is 2. The van der Waals surface area contributed by atoms with Crippen molar-refractivity contribution in [3.05, 3.63) is 107 Å². The zero-order chi connectivity index (χ0) is 22.8. The van der Waals surface area contributed by atoms with Gasteiger partial charge in [0.15, 0.2) is 0 Å². The topological polar surface area (TPSA) is 29.5 Å². The largest absolute Gasteiger partial charge is 1.00 e. The van der Waals surface area contributed by atoms with Crippen LogP contribution in [0, 0.1) is 11.2 Å². The van der Waals surface area contributed by atoms with Crippen molar-refractivity contribution in [2.24, 2.45) is 5.41 Å². The van der Waals surface area contributed by atoms with Crippen LogP contribution in [0.4, 0.5) is 4.39 Å². The van der Waals surface area contributed by atoms with Crippen molar-refractivity contribution in [2.75, 3.05) is 32.8 Å². The minimum Gasteiger partial charge on any atom is -1.00 e. The zero-order valence-electron chi connectivity index (χ0n) is 19.5. The lowest BCUT2D eigenvalue weighted by Gasteiger charge is -2.60. The lowest BCUT2D eigenvalue weighted by molar-refractivity contribution is -0.946. The van der Waals surface area contributed by atoms with Gasteiger partial charge in [0, 0.05) is 24.7 Å². The molecule has 0 amide bonds. The van der Waals surface area contributed by atoms with Gasteiger partial charge in [-0.2, -0.15) is 0 Å². The second-order valence-corrected chi connectivity index (χ2v) is 9.89.